The molecule has 0 aliphatic heterocycles. The van der Waals surface area contributed by atoms with E-state index >= 15 is 0 Å². The van der Waals surface area contributed by atoms with Gasteiger partial charge in [0.2, 0.25) is 0 Å². The van der Waals surface area contributed by atoms with E-state index in [1.54, 1.807) is 23.5 Å². The number of nitrogens with one attached hydrogen (secondary N) is 2. The van der Waals surface area contributed by atoms with Crippen LogP contribution in [-0.2, 0) is 13.1 Å². The van der Waals surface area contributed by atoms with Gasteiger partial charge in [0, 0.05) is 11.4 Å². The lowest BCUT2D eigenvalue weighted by Crippen LogP contribution is -2.34. The van der Waals surface area contributed by atoms with Gasteiger partial charge in [0.1, 0.15) is 17.3 Å². The van der Waals surface area contributed by atoms with E-state index in [0.29, 0.717) is 24.6 Å². The molecule has 1 heterocycles. The lowest BCUT2D eigenvalue weighted by atomic mass is 10.2. The van der Waals surface area contributed by atoms with Crippen molar-refractivity contribution in [2.45, 2.75) is 13.1 Å². The summed E-state index contributed by atoms with van der Waals surface area (Å²) in [5, 5.41) is 7.59. The van der Waals surface area contributed by atoms with Crippen LogP contribution in [0.1, 0.15) is 10.4 Å². The molecule has 0 fully saturated rings. The second-order valence-corrected chi connectivity index (χ2v) is 6.35. The smallest absolute Gasteiger partial charge is 0.315 e. The predicted octanol–water partition coefficient (Wildman–Crippen LogP) is 4.68. The van der Waals surface area contributed by atoms with Crippen LogP contribution in [0, 0.1) is 5.82 Å². The number of hydrogen-bond donors (Lipinski definition) is 2. The van der Waals surface area contributed by atoms with Crippen LogP contribution in [0.5, 0.6) is 11.5 Å². The van der Waals surface area contributed by atoms with Crippen LogP contribution < -0.4 is 15.4 Å². The van der Waals surface area contributed by atoms with Gasteiger partial charge in [-0.1, -0.05) is 18.2 Å². The fourth-order valence-electron chi connectivity index (χ4n) is 2.18. The third-order valence-corrected chi connectivity index (χ3v) is 4.28. The fourth-order valence-corrected chi connectivity index (χ4v) is 2.83. The molecule has 2 aromatic carbocycles. The Labute approximate surface area is 149 Å². The minimum Gasteiger partial charge on any atom is -0.457 e. The molecular formula is C19H17FN2O2S. The van der Waals surface area contributed by atoms with Crippen LogP contribution in [0.4, 0.5) is 9.18 Å². The molecular weight excluding hydrogens is 339 g/mol. The molecule has 3 aromatic rings. The lowest BCUT2D eigenvalue weighted by Gasteiger charge is -2.09. The Morgan fingerprint density at radius 2 is 1.76 bits per heavy atom. The van der Waals surface area contributed by atoms with Gasteiger partial charge >= 0.3 is 6.03 Å². The number of hydrogen-bond acceptors (Lipinski definition) is 3. The molecule has 2 amide bonds. The molecule has 1 aromatic heterocycles. The molecule has 0 bridgehead atoms. The van der Waals surface area contributed by atoms with E-state index < -0.39 is 0 Å². The van der Waals surface area contributed by atoms with Crippen LogP contribution in [0.3, 0.4) is 0 Å². The first-order valence-corrected chi connectivity index (χ1v) is 8.63. The summed E-state index contributed by atoms with van der Waals surface area (Å²) in [5.74, 6) is 0.879. The highest BCUT2D eigenvalue weighted by atomic mass is 32.1. The zero-order chi connectivity index (χ0) is 17.5. The minimum atomic E-state index is -0.307. The highest BCUT2D eigenvalue weighted by Crippen LogP contribution is 2.22. The topological polar surface area (TPSA) is 50.4 Å². The van der Waals surface area contributed by atoms with Crippen LogP contribution in [0.2, 0.25) is 0 Å². The Hall–Kier alpha value is -2.86. The average Bonchev–Trinajstić information content (AvgIpc) is 3.14. The number of halogens is 1. The van der Waals surface area contributed by atoms with Crippen molar-refractivity contribution in [2.75, 3.05) is 0 Å². The molecule has 0 radical (unpaired) electrons. The first kappa shape index (κ1) is 17.0. The van der Waals surface area contributed by atoms with Crippen molar-refractivity contribution < 1.29 is 13.9 Å². The highest BCUT2D eigenvalue weighted by molar-refractivity contribution is 7.09. The van der Waals surface area contributed by atoms with Gasteiger partial charge in [0.15, 0.2) is 0 Å². The molecule has 0 saturated carbocycles. The van der Waals surface area contributed by atoms with E-state index in [1.165, 1.54) is 12.1 Å². The normalized spacial score (nSPS) is 10.3. The Morgan fingerprint density at radius 3 is 2.52 bits per heavy atom. The summed E-state index contributed by atoms with van der Waals surface area (Å²) in [5.41, 5.74) is 0.908. The first-order chi connectivity index (χ1) is 12.2. The monoisotopic (exact) mass is 356 g/mol. The summed E-state index contributed by atoms with van der Waals surface area (Å²) in [7, 11) is 0. The van der Waals surface area contributed by atoms with Crippen LogP contribution >= 0.6 is 11.3 Å². The van der Waals surface area contributed by atoms with Crippen LogP contribution in [-0.4, -0.2) is 6.03 Å². The zero-order valence-corrected chi connectivity index (χ0v) is 14.2. The number of benzene rings is 2. The molecule has 2 N–H and O–H groups in total. The van der Waals surface area contributed by atoms with Crippen LogP contribution in [0.25, 0.3) is 0 Å². The average molecular weight is 356 g/mol. The lowest BCUT2D eigenvalue weighted by molar-refractivity contribution is 0.240. The van der Waals surface area contributed by atoms with Gasteiger partial charge in [0.05, 0.1) is 6.54 Å². The summed E-state index contributed by atoms with van der Waals surface area (Å²) in [6, 6.07) is 16.9. The van der Waals surface area contributed by atoms with E-state index in [0.717, 1.165) is 10.4 Å². The molecule has 0 aliphatic carbocycles. The molecule has 0 aliphatic rings. The quantitative estimate of drug-likeness (QED) is 0.674. The van der Waals surface area contributed by atoms with Gasteiger partial charge in [-0.05, 0) is 53.4 Å². The summed E-state index contributed by atoms with van der Waals surface area (Å²) in [6.45, 7) is 0.897. The Balaban J connectivity index is 1.51. The summed E-state index contributed by atoms with van der Waals surface area (Å²) >= 11 is 1.60. The third-order valence-electron chi connectivity index (χ3n) is 3.40. The molecule has 6 heteroatoms. The summed E-state index contributed by atoms with van der Waals surface area (Å²) < 4.78 is 18.6. The number of urea groups is 1. The van der Waals surface area contributed by atoms with Gasteiger partial charge in [-0.25, -0.2) is 9.18 Å². The largest absolute Gasteiger partial charge is 0.457 e. The maximum Gasteiger partial charge on any atom is 0.315 e. The Morgan fingerprint density at radius 1 is 0.960 bits per heavy atom. The van der Waals surface area contributed by atoms with Crippen molar-refractivity contribution in [2.24, 2.45) is 0 Å². The van der Waals surface area contributed by atoms with Gasteiger partial charge < -0.3 is 15.4 Å². The molecule has 0 atom stereocenters. The van der Waals surface area contributed by atoms with Crippen molar-refractivity contribution >= 4 is 17.4 Å². The molecule has 3 rings (SSSR count). The van der Waals surface area contributed by atoms with Gasteiger partial charge in [-0.15, -0.1) is 11.3 Å². The van der Waals surface area contributed by atoms with E-state index in [9.17, 15) is 9.18 Å². The number of ether oxygens (including phenoxy) is 1. The maximum absolute atomic E-state index is 12.9. The predicted molar refractivity (Wildman–Crippen MR) is 96.3 cm³/mol. The number of carbonyl (C=O) groups is 1. The van der Waals surface area contributed by atoms with E-state index in [1.807, 2.05) is 41.8 Å². The standard InChI is InChI=1S/C19H17FN2O2S/c20-15-6-8-16(9-7-15)24-17-4-1-3-14(11-17)12-21-19(23)22-13-18-5-2-10-25-18/h1-11H,12-13H2,(H2,21,22,23). The number of thiophene rings is 1. The van der Waals surface area contributed by atoms with E-state index in [2.05, 4.69) is 10.6 Å². The molecule has 25 heavy (non-hydrogen) atoms. The second kappa shape index (κ2) is 8.30. The second-order valence-electron chi connectivity index (χ2n) is 5.32. The Bertz CT molecular complexity index is 820. The summed E-state index contributed by atoms with van der Waals surface area (Å²) in [4.78, 5) is 12.9. The molecule has 0 saturated heterocycles. The molecule has 0 unspecified atom stereocenters. The van der Waals surface area contributed by atoms with Crippen molar-refractivity contribution in [1.29, 1.82) is 0 Å². The SMILES string of the molecule is O=C(NCc1cccc(Oc2ccc(F)cc2)c1)NCc1cccs1. The number of rotatable bonds is 6. The maximum atomic E-state index is 12.9. The van der Waals surface area contributed by atoms with Crippen molar-refractivity contribution in [3.05, 3.63) is 82.3 Å². The van der Waals surface area contributed by atoms with Gasteiger partial charge in [-0.2, -0.15) is 0 Å². The van der Waals surface area contributed by atoms with E-state index in [-0.39, 0.29) is 11.8 Å². The van der Waals surface area contributed by atoms with Gasteiger partial charge in [-0.3, -0.25) is 0 Å². The Kier molecular flexibility index (Phi) is 5.64. The van der Waals surface area contributed by atoms with Crippen LogP contribution in [0.15, 0.2) is 66.0 Å². The number of amides is 2. The van der Waals surface area contributed by atoms with Crippen molar-refractivity contribution in [3.8, 4) is 11.5 Å². The van der Waals surface area contributed by atoms with E-state index in [4.69, 9.17) is 4.74 Å². The fraction of sp³-hybridized carbons (Fsp3) is 0.105. The van der Waals surface area contributed by atoms with Gasteiger partial charge in [0.25, 0.3) is 0 Å². The molecule has 0 spiro atoms. The summed E-state index contributed by atoms with van der Waals surface area (Å²) in [6.07, 6.45) is 0. The first-order valence-electron chi connectivity index (χ1n) is 7.75. The molecule has 128 valence electrons. The highest BCUT2D eigenvalue weighted by Gasteiger charge is 2.03. The van der Waals surface area contributed by atoms with Crippen molar-refractivity contribution in [1.82, 2.24) is 10.6 Å². The third kappa shape index (κ3) is 5.32. The molecule has 4 nitrogen and oxygen atoms in total. The minimum absolute atomic E-state index is 0.224. The zero-order valence-electron chi connectivity index (χ0n) is 13.4. The number of carbonyl (C=O) groups excluding carboxylic acids is 1. The van der Waals surface area contributed by atoms with Crippen molar-refractivity contribution in [3.63, 3.8) is 0 Å².